The number of hydrogen-bond acceptors (Lipinski definition) is 3. The van der Waals surface area contributed by atoms with Gasteiger partial charge in [-0.25, -0.2) is 0 Å². The van der Waals surface area contributed by atoms with Gasteiger partial charge in [0.15, 0.2) is 5.78 Å². The monoisotopic (exact) mass is 321 g/mol. The van der Waals surface area contributed by atoms with Gasteiger partial charge in [-0.1, -0.05) is 19.1 Å². The van der Waals surface area contributed by atoms with Crippen molar-refractivity contribution in [2.24, 2.45) is 0 Å². The first-order chi connectivity index (χ1) is 10.2. The number of carbonyl (C=O) groups is 2. The highest BCUT2D eigenvalue weighted by Gasteiger charge is 2.10. The Kier molecular flexibility index (Phi) is 7.36. The van der Waals surface area contributed by atoms with Crippen molar-refractivity contribution in [2.75, 3.05) is 19.6 Å². The summed E-state index contributed by atoms with van der Waals surface area (Å²) in [5.74, 6) is -0.191. The van der Waals surface area contributed by atoms with Crippen molar-refractivity contribution in [1.82, 2.24) is 15.6 Å². The van der Waals surface area contributed by atoms with E-state index in [1.165, 1.54) is 0 Å². The first-order valence-corrected chi connectivity index (χ1v) is 6.99. The average Bonchev–Trinajstić information content (AvgIpc) is 3.05. The standard InChI is InChI=1S/C16H19N3O2.ClH/c1-2-17-9-10-19-16(21)13-5-3-12(4-6-13)15(20)14-7-8-18-11-14;/h3-8,11,17-18H,2,9-10H2,1H3,(H,19,21);1H. The molecule has 2 aromatic rings. The lowest BCUT2D eigenvalue weighted by atomic mass is 10.0. The Bertz CT molecular complexity index is 594. The Balaban J connectivity index is 0.00000242. The van der Waals surface area contributed by atoms with Crippen molar-refractivity contribution in [3.63, 3.8) is 0 Å². The highest BCUT2D eigenvalue weighted by molar-refractivity contribution is 6.09. The summed E-state index contributed by atoms with van der Waals surface area (Å²) in [5.41, 5.74) is 1.73. The Morgan fingerprint density at radius 1 is 1.00 bits per heavy atom. The molecule has 2 rings (SSSR count). The van der Waals surface area contributed by atoms with Crippen molar-refractivity contribution in [2.45, 2.75) is 6.92 Å². The van der Waals surface area contributed by atoms with Crippen LogP contribution < -0.4 is 10.6 Å². The number of aromatic nitrogens is 1. The lowest BCUT2D eigenvalue weighted by Crippen LogP contribution is -2.31. The first kappa shape index (κ1) is 17.9. The van der Waals surface area contributed by atoms with Crippen LogP contribution in [0.3, 0.4) is 0 Å². The number of hydrogen-bond donors (Lipinski definition) is 3. The highest BCUT2D eigenvalue weighted by atomic mass is 35.5. The summed E-state index contributed by atoms with van der Waals surface area (Å²) in [5, 5.41) is 5.95. The number of nitrogens with one attached hydrogen (secondary N) is 3. The summed E-state index contributed by atoms with van der Waals surface area (Å²) in [6.07, 6.45) is 3.36. The molecule has 6 heteroatoms. The van der Waals surface area contributed by atoms with E-state index in [0.29, 0.717) is 23.2 Å². The van der Waals surface area contributed by atoms with E-state index in [1.807, 2.05) is 6.92 Å². The van der Waals surface area contributed by atoms with E-state index in [9.17, 15) is 9.59 Å². The van der Waals surface area contributed by atoms with Gasteiger partial charge in [0.2, 0.25) is 0 Å². The molecule has 0 radical (unpaired) electrons. The van der Waals surface area contributed by atoms with Crippen molar-refractivity contribution in [3.8, 4) is 0 Å². The van der Waals surface area contributed by atoms with Gasteiger partial charge in [-0.3, -0.25) is 9.59 Å². The summed E-state index contributed by atoms with van der Waals surface area (Å²) in [6.45, 7) is 4.22. The predicted octanol–water partition coefficient (Wildman–Crippen LogP) is 2.01. The second kappa shape index (κ2) is 9.02. The fourth-order valence-electron chi connectivity index (χ4n) is 1.95. The third-order valence-electron chi connectivity index (χ3n) is 3.11. The number of benzene rings is 1. The van der Waals surface area contributed by atoms with Crippen LogP contribution in [0.4, 0.5) is 0 Å². The van der Waals surface area contributed by atoms with Crippen molar-refractivity contribution in [3.05, 3.63) is 59.4 Å². The number of halogens is 1. The van der Waals surface area contributed by atoms with E-state index in [1.54, 1.807) is 42.7 Å². The summed E-state index contributed by atoms with van der Waals surface area (Å²) < 4.78 is 0. The normalized spacial score (nSPS) is 9.86. The van der Waals surface area contributed by atoms with Crippen molar-refractivity contribution in [1.29, 1.82) is 0 Å². The number of carbonyl (C=O) groups excluding carboxylic acids is 2. The Hall–Kier alpha value is -2.11. The van der Waals surface area contributed by atoms with E-state index in [-0.39, 0.29) is 24.1 Å². The van der Waals surface area contributed by atoms with Crippen LogP contribution in [0.15, 0.2) is 42.7 Å². The molecule has 0 fully saturated rings. The molecule has 1 aromatic heterocycles. The van der Waals surface area contributed by atoms with Crippen LogP contribution in [-0.2, 0) is 0 Å². The van der Waals surface area contributed by atoms with Crippen LogP contribution in [-0.4, -0.2) is 36.3 Å². The third-order valence-corrected chi connectivity index (χ3v) is 3.11. The zero-order valence-corrected chi connectivity index (χ0v) is 13.2. The van der Waals surface area contributed by atoms with Crippen LogP contribution in [0, 0.1) is 0 Å². The van der Waals surface area contributed by atoms with E-state index in [0.717, 1.165) is 13.1 Å². The minimum Gasteiger partial charge on any atom is -0.367 e. The number of rotatable bonds is 7. The Labute approximate surface area is 135 Å². The van der Waals surface area contributed by atoms with E-state index in [4.69, 9.17) is 0 Å². The summed E-state index contributed by atoms with van der Waals surface area (Å²) in [6, 6.07) is 8.41. The largest absolute Gasteiger partial charge is 0.367 e. The van der Waals surface area contributed by atoms with Gasteiger partial charge in [0, 0.05) is 42.2 Å². The number of likely N-dealkylation sites (N-methyl/N-ethyl adjacent to an activating group) is 1. The Morgan fingerprint density at radius 3 is 2.27 bits per heavy atom. The second-order valence-electron chi connectivity index (χ2n) is 4.62. The molecule has 22 heavy (non-hydrogen) atoms. The molecular weight excluding hydrogens is 302 g/mol. The van der Waals surface area contributed by atoms with Crippen LogP contribution in [0.1, 0.15) is 33.2 Å². The quantitative estimate of drug-likeness (QED) is 0.539. The van der Waals surface area contributed by atoms with Crippen molar-refractivity contribution < 1.29 is 9.59 Å². The molecule has 118 valence electrons. The molecule has 1 amide bonds. The van der Waals surface area contributed by atoms with Gasteiger partial charge in [0.25, 0.3) is 5.91 Å². The maximum Gasteiger partial charge on any atom is 0.251 e. The van der Waals surface area contributed by atoms with E-state index in [2.05, 4.69) is 15.6 Å². The fourth-order valence-corrected chi connectivity index (χ4v) is 1.95. The lowest BCUT2D eigenvalue weighted by Gasteiger charge is -2.06. The molecule has 3 N–H and O–H groups in total. The van der Waals surface area contributed by atoms with Crippen LogP contribution >= 0.6 is 12.4 Å². The smallest absolute Gasteiger partial charge is 0.251 e. The molecule has 1 aromatic carbocycles. The van der Waals surface area contributed by atoms with Crippen LogP contribution in [0.25, 0.3) is 0 Å². The second-order valence-corrected chi connectivity index (χ2v) is 4.62. The molecule has 0 aliphatic heterocycles. The van der Waals surface area contributed by atoms with E-state index >= 15 is 0 Å². The zero-order valence-electron chi connectivity index (χ0n) is 12.4. The Morgan fingerprint density at radius 2 is 1.68 bits per heavy atom. The van der Waals surface area contributed by atoms with Gasteiger partial charge in [-0.15, -0.1) is 12.4 Å². The summed E-state index contributed by atoms with van der Waals surface area (Å²) in [4.78, 5) is 26.8. The van der Waals surface area contributed by atoms with Crippen LogP contribution in [0.2, 0.25) is 0 Å². The minimum atomic E-state index is -0.131. The number of ketones is 1. The molecule has 1 heterocycles. The number of amides is 1. The van der Waals surface area contributed by atoms with Gasteiger partial charge in [0.05, 0.1) is 0 Å². The molecule has 0 aliphatic rings. The average molecular weight is 322 g/mol. The maximum absolute atomic E-state index is 12.1. The minimum absolute atomic E-state index is 0. The summed E-state index contributed by atoms with van der Waals surface area (Å²) in [7, 11) is 0. The van der Waals surface area contributed by atoms with Gasteiger partial charge in [-0.05, 0) is 24.7 Å². The molecule has 0 spiro atoms. The van der Waals surface area contributed by atoms with E-state index < -0.39 is 0 Å². The molecule has 0 atom stereocenters. The molecule has 0 saturated heterocycles. The van der Waals surface area contributed by atoms with Gasteiger partial charge in [-0.2, -0.15) is 0 Å². The van der Waals surface area contributed by atoms with Gasteiger partial charge < -0.3 is 15.6 Å². The number of H-pyrrole nitrogens is 1. The molecule has 0 saturated carbocycles. The summed E-state index contributed by atoms with van der Waals surface area (Å²) >= 11 is 0. The zero-order chi connectivity index (χ0) is 15.1. The number of aromatic amines is 1. The molecule has 0 unspecified atom stereocenters. The highest BCUT2D eigenvalue weighted by Crippen LogP contribution is 2.10. The molecule has 0 aliphatic carbocycles. The predicted molar refractivity (Wildman–Crippen MR) is 88.8 cm³/mol. The SMILES string of the molecule is CCNCCNC(=O)c1ccc(C(=O)c2cc[nH]c2)cc1.Cl. The molecular formula is C16H20ClN3O2. The molecule has 0 bridgehead atoms. The van der Waals surface area contributed by atoms with Gasteiger partial charge >= 0.3 is 0 Å². The fraction of sp³-hybridized carbons (Fsp3) is 0.250. The third kappa shape index (κ3) is 4.72. The molecule has 5 nitrogen and oxygen atoms in total. The maximum atomic E-state index is 12.1. The van der Waals surface area contributed by atoms with Crippen molar-refractivity contribution >= 4 is 24.1 Å². The van der Waals surface area contributed by atoms with Crippen LogP contribution in [0.5, 0.6) is 0 Å². The van der Waals surface area contributed by atoms with Gasteiger partial charge in [0.1, 0.15) is 0 Å². The lowest BCUT2D eigenvalue weighted by molar-refractivity contribution is 0.0952. The topological polar surface area (TPSA) is 74.0 Å². The first-order valence-electron chi connectivity index (χ1n) is 6.99.